The maximum Gasteiger partial charge on any atom is 0.417 e. The predicted octanol–water partition coefficient (Wildman–Crippen LogP) is 3.13. The lowest BCUT2D eigenvalue weighted by molar-refractivity contribution is -0.137. The molecule has 0 aliphatic rings. The van der Waals surface area contributed by atoms with Crippen LogP contribution in [-0.4, -0.2) is 21.5 Å². The predicted molar refractivity (Wildman–Crippen MR) is 65.0 cm³/mol. The number of imidazole rings is 1. The zero-order valence-corrected chi connectivity index (χ0v) is 10.4. The zero-order chi connectivity index (χ0) is 13.9. The summed E-state index contributed by atoms with van der Waals surface area (Å²) in [5, 5.41) is 2.80. The number of hydrogen-bond donors (Lipinski definition) is 2. The molecule has 4 nitrogen and oxygen atoms in total. The molecular formula is C11H10ClF3N4. The van der Waals surface area contributed by atoms with Gasteiger partial charge in [0, 0.05) is 31.6 Å². The molecule has 0 spiro atoms. The summed E-state index contributed by atoms with van der Waals surface area (Å²) >= 11 is 5.75. The number of aromatic amines is 1. The van der Waals surface area contributed by atoms with Crippen molar-refractivity contribution in [3.8, 4) is 0 Å². The fraction of sp³-hybridized carbons (Fsp3) is 0.273. The third-order valence-electron chi connectivity index (χ3n) is 2.38. The van der Waals surface area contributed by atoms with Gasteiger partial charge in [-0.15, -0.1) is 0 Å². The van der Waals surface area contributed by atoms with Crippen molar-refractivity contribution in [1.29, 1.82) is 0 Å². The van der Waals surface area contributed by atoms with E-state index in [1.165, 1.54) is 0 Å². The lowest BCUT2D eigenvalue weighted by atomic mass is 10.2. The molecule has 0 saturated heterocycles. The van der Waals surface area contributed by atoms with Crippen LogP contribution in [0.2, 0.25) is 5.02 Å². The van der Waals surface area contributed by atoms with E-state index in [1.54, 1.807) is 12.4 Å². The standard InChI is InChI=1S/C11H10ClF3N4/c12-8-5-7(11(13,14)15)6-19-10(8)18-2-1-9-16-3-4-17-9/h3-6H,1-2H2,(H,16,17)(H,18,19). The second-order valence-corrected chi connectivity index (χ2v) is 4.17. The van der Waals surface area contributed by atoms with Crippen LogP contribution in [0.5, 0.6) is 0 Å². The van der Waals surface area contributed by atoms with Crippen molar-refractivity contribution in [3.05, 3.63) is 41.1 Å². The first-order valence-corrected chi connectivity index (χ1v) is 5.79. The molecule has 19 heavy (non-hydrogen) atoms. The first-order valence-electron chi connectivity index (χ1n) is 5.41. The number of pyridine rings is 1. The molecule has 0 amide bonds. The molecule has 0 radical (unpaired) electrons. The molecule has 0 aliphatic carbocycles. The van der Waals surface area contributed by atoms with Crippen LogP contribution in [-0.2, 0) is 12.6 Å². The molecule has 2 aromatic heterocycles. The van der Waals surface area contributed by atoms with Crippen LogP contribution in [0.1, 0.15) is 11.4 Å². The Kier molecular flexibility index (Phi) is 3.94. The highest BCUT2D eigenvalue weighted by Gasteiger charge is 2.31. The Hall–Kier alpha value is -1.76. The van der Waals surface area contributed by atoms with Crippen molar-refractivity contribution in [3.63, 3.8) is 0 Å². The Morgan fingerprint density at radius 3 is 2.68 bits per heavy atom. The first kappa shape index (κ1) is 13.7. The summed E-state index contributed by atoms with van der Waals surface area (Å²) in [4.78, 5) is 10.6. The molecule has 0 aliphatic heterocycles. The van der Waals surface area contributed by atoms with Crippen LogP contribution in [0.25, 0.3) is 0 Å². The minimum Gasteiger partial charge on any atom is -0.368 e. The average Bonchev–Trinajstić information content (AvgIpc) is 2.83. The second-order valence-electron chi connectivity index (χ2n) is 3.76. The van der Waals surface area contributed by atoms with Gasteiger partial charge in [-0.05, 0) is 6.07 Å². The highest BCUT2D eigenvalue weighted by molar-refractivity contribution is 6.32. The Bertz CT molecular complexity index is 539. The average molecular weight is 291 g/mol. The molecule has 0 saturated carbocycles. The molecule has 8 heteroatoms. The number of anilines is 1. The third-order valence-corrected chi connectivity index (χ3v) is 2.67. The Morgan fingerprint density at radius 1 is 1.32 bits per heavy atom. The number of nitrogens with zero attached hydrogens (tertiary/aromatic N) is 2. The van der Waals surface area contributed by atoms with Crippen molar-refractivity contribution < 1.29 is 13.2 Å². The van der Waals surface area contributed by atoms with Gasteiger partial charge in [-0.3, -0.25) is 0 Å². The van der Waals surface area contributed by atoms with Crippen LogP contribution in [0.4, 0.5) is 19.0 Å². The van der Waals surface area contributed by atoms with Gasteiger partial charge < -0.3 is 10.3 Å². The number of nitrogens with one attached hydrogen (secondary N) is 2. The van der Waals surface area contributed by atoms with E-state index in [4.69, 9.17) is 11.6 Å². The van der Waals surface area contributed by atoms with Gasteiger partial charge in [0.2, 0.25) is 0 Å². The minimum atomic E-state index is -4.44. The number of alkyl halides is 3. The van der Waals surface area contributed by atoms with Gasteiger partial charge in [0.15, 0.2) is 0 Å². The van der Waals surface area contributed by atoms with Crippen molar-refractivity contribution in [1.82, 2.24) is 15.0 Å². The second kappa shape index (κ2) is 5.48. The zero-order valence-electron chi connectivity index (χ0n) is 9.63. The maximum atomic E-state index is 12.4. The summed E-state index contributed by atoms with van der Waals surface area (Å²) in [6.45, 7) is 0.464. The molecule has 0 unspecified atom stereocenters. The summed E-state index contributed by atoms with van der Waals surface area (Å²) in [5.41, 5.74) is -0.867. The summed E-state index contributed by atoms with van der Waals surface area (Å²) in [6, 6.07) is 0.851. The van der Waals surface area contributed by atoms with Crippen LogP contribution in [0.15, 0.2) is 24.7 Å². The fourth-order valence-corrected chi connectivity index (χ4v) is 1.69. The lowest BCUT2D eigenvalue weighted by Crippen LogP contribution is -2.10. The quantitative estimate of drug-likeness (QED) is 0.909. The third kappa shape index (κ3) is 3.60. The normalized spacial score (nSPS) is 11.6. The lowest BCUT2D eigenvalue weighted by Gasteiger charge is -2.10. The largest absolute Gasteiger partial charge is 0.417 e. The molecular weight excluding hydrogens is 281 g/mol. The monoisotopic (exact) mass is 290 g/mol. The van der Waals surface area contributed by atoms with Crippen LogP contribution in [0.3, 0.4) is 0 Å². The van der Waals surface area contributed by atoms with Gasteiger partial charge in [0.1, 0.15) is 11.6 Å². The number of hydrogen-bond acceptors (Lipinski definition) is 3. The van der Waals surface area contributed by atoms with Gasteiger partial charge in [-0.1, -0.05) is 11.6 Å². The van der Waals surface area contributed by atoms with E-state index in [9.17, 15) is 13.2 Å². The van der Waals surface area contributed by atoms with E-state index in [-0.39, 0.29) is 10.8 Å². The number of aromatic nitrogens is 3. The van der Waals surface area contributed by atoms with Gasteiger partial charge in [0.25, 0.3) is 0 Å². The van der Waals surface area contributed by atoms with Crippen molar-refractivity contribution in [2.24, 2.45) is 0 Å². The Balaban J connectivity index is 1.97. The highest BCUT2D eigenvalue weighted by atomic mass is 35.5. The van der Waals surface area contributed by atoms with E-state index < -0.39 is 11.7 Å². The van der Waals surface area contributed by atoms with Gasteiger partial charge in [0.05, 0.1) is 10.6 Å². The number of halogens is 4. The highest BCUT2D eigenvalue weighted by Crippen LogP contribution is 2.32. The SMILES string of the molecule is FC(F)(F)c1cnc(NCCc2ncc[nH]2)c(Cl)c1. The first-order chi connectivity index (χ1) is 8.97. The van der Waals surface area contributed by atoms with Gasteiger partial charge in [-0.25, -0.2) is 9.97 Å². The number of rotatable bonds is 4. The molecule has 0 fully saturated rings. The topological polar surface area (TPSA) is 53.6 Å². The van der Waals surface area contributed by atoms with E-state index in [0.717, 1.165) is 18.1 Å². The van der Waals surface area contributed by atoms with E-state index in [1.807, 2.05) is 0 Å². The summed E-state index contributed by atoms with van der Waals surface area (Å²) < 4.78 is 37.2. The van der Waals surface area contributed by atoms with Crippen molar-refractivity contribution in [2.45, 2.75) is 12.6 Å². The molecule has 2 aromatic rings. The number of H-pyrrole nitrogens is 1. The van der Waals surface area contributed by atoms with Crippen LogP contribution >= 0.6 is 11.6 Å². The molecule has 102 valence electrons. The fourth-order valence-electron chi connectivity index (χ4n) is 1.46. The van der Waals surface area contributed by atoms with E-state index in [0.29, 0.717) is 13.0 Å². The molecule has 2 N–H and O–H groups in total. The Morgan fingerprint density at radius 2 is 2.11 bits per heavy atom. The Labute approximate surface area is 112 Å². The molecule has 2 rings (SSSR count). The molecule has 0 atom stereocenters. The van der Waals surface area contributed by atoms with Crippen molar-refractivity contribution in [2.75, 3.05) is 11.9 Å². The van der Waals surface area contributed by atoms with Crippen LogP contribution in [0, 0.1) is 0 Å². The van der Waals surface area contributed by atoms with Gasteiger partial charge >= 0.3 is 6.18 Å². The molecule has 0 bridgehead atoms. The molecule has 2 heterocycles. The smallest absolute Gasteiger partial charge is 0.368 e. The van der Waals surface area contributed by atoms with Gasteiger partial charge in [-0.2, -0.15) is 13.2 Å². The van der Waals surface area contributed by atoms with E-state index >= 15 is 0 Å². The summed E-state index contributed by atoms with van der Waals surface area (Å²) in [7, 11) is 0. The van der Waals surface area contributed by atoms with Crippen LogP contribution < -0.4 is 5.32 Å². The summed E-state index contributed by atoms with van der Waals surface area (Å²) in [6.07, 6.45) is 0.216. The van der Waals surface area contributed by atoms with E-state index in [2.05, 4.69) is 20.3 Å². The van der Waals surface area contributed by atoms with Crippen molar-refractivity contribution >= 4 is 17.4 Å². The summed E-state index contributed by atoms with van der Waals surface area (Å²) in [5.74, 6) is 0.997. The minimum absolute atomic E-state index is 0.0609. The molecule has 0 aromatic carbocycles. The maximum absolute atomic E-state index is 12.4.